The molecule has 1 aromatic rings. The first-order chi connectivity index (χ1) is 13.2. The molecule has 0 radical (unpaired) electrons. The number of rotatable bonds is 6. The summed E-state index contributed by atoms with van der Waals surface area (Å²) in [5, 5.41) is 9.78. The van der Waals surface area contributed by atoms with Gasteiger partial charge in [0.1, 0.15) is 5.60 Å². The Labute approximate surface area is 167 Å². The van der Waals surface area contributed by atoms with Gasteiger partial charge in [0.15, 0.2) is 0 Å². The van der Waals surface area contributed by atoms with E-state index < -0.39 is 5.60 Å². The van der Waals surface area contributed by atoms with Gasteiger partial charge in [0, 0.05) is 25.6 Å². The fraction of sp³-hybridized carbons (Fsp3) is 0.636. The fourth-order valence-electron chi connectivity index (χ4n) is 3.36. The van der Waals surface area contributed by atoms with Crippen molar-refractivity contribution in [2.45, 2.75) is 58.5 Å². The highest BCUT2D eigenvalue weighted by Crippen LogP contribution is 2.33. The summed E-state index contributed by atoms with van der Waals surface area (Å²) < 4.78 is 10.7. The summed E-state index contributed by atoms with van der Waals surface area (Å²) in [5.41, 5.74) is 0.947. The molecule has 1 saturated heterocycles. The number of hydrogen-bond acceptors (Lipinski definition) is 5. The van der Waals surface area contributed by atoms with E-state index in [-0.39, 0.29) is 30.5 Å². The third-order valence-electron chi connectivity index (χ3n) is 4.95. The van der Waals surface area contributed by atoms with E-state index in [0.29, 0.717) is 25.3 Å². The van der Waals surface area contributed by atoms with Gasteiger partial charge in [-0.3, -0.25) is 0 Å². The van der Waals surface area contributed by atoms with Crippen molar-refractivity contribution in [3.63, 3.8) is 0 Å². The fourth-order valence-corrected chi connectivity index (χ4v) is 3.36. The minimum atomic E-state index is -0.542. The Kier molecular flexibility index (Phi) is 7.87. The van der Waals surface area contributed by atoms with Gasteiger partial charge < -0.3 is 19.5 Å². The van der Waals surface area contributed by atoms with Crippen LogP contribution in [-0.2, 0) is 9.47 Å². The van der Waals surface area contributed by atoms with Crippen LogP contribution in [0.2, 0.25) is 0 Å². The topological polar surface area (TPSA) is 76.1 Å². The molecule has 6 heteroatoms. The molecule has 2 atom stereocenters. The van der Waals surface area contributed by atoms with Gasteiger partial charge in [-0.2, -0.15) is 0 Å². The molecule has 0 aliphatic carbocycles. The van der Waals surface area contributed by atoms with E-state index in [0.717, 1.165) is 24.8 Å². The van der Waals surface area contributed by atoms with Gasteiger partial charge in [-0.15, -0.1) is 0 Å². The maximum Gasteiger partial charge on any atom is 0.409 e. The Morgan fingerprint density at radius 2 is 1.89 bits per heavy atom. The number of piperidine rings is 1. The zero-order chi connectivity index (χ0) is 20.7. The van der Waals surface area contributed by atoms with Crippen LogP contribution in [-0.4, -0.2) is 54.0 Å². The van der Waals surface area contributed by atoms with E-state index in [2.05, 4.69) is 6.92 Å². The monoisotopic (exact) mass is 391 g/mol. The van der Waals surface area contributed by atoms with Crippen LogP contribution in [0, 0.1) is 5.92 Å². The van der Waals surface area contributed by atoms with Crippen molar-refractivity contribution in [1.29, 1.82) is 0 Å². The van der Waals surface area contributed by atoms with Gasteiger partial charge in [0.2, 0.25) is 0 Å². The number of carbonyl (C=O) groups excluding carboxylic acids is 2. The van der Waals surface area contributed by atoms with E-state index in [1.54, 1.807) is 17.0 Å². The Morgan fingerprint density at radius 1 is 1.21 bits per heavy atom. The first kappa shape index (κ1) is 22.2. The highest BCUT2D eigenvalue weighted by Gasteiger charge is 2.33. The molecule has 6 nitrogen and oxygen atoms in total. The number of esters is 1. The smallest absolute Gasteiger partial charge is 0.409 e. The Balaban J connectivity index is 2.07. The molecule has 1 fully saturated rings. The number of nitrogens with zero attached hydrogens (tertiary/aromatic N) is 1. The van der Waals surface area contributed by atoms with Crippen LogP contribution in [0.1, 0.15) is 68.8 Å². The standard InChI is InChI=1S/C22H33NO5/c1-5-6-13-27-21(26)23-12-11-18(15-24)19(14-23)16-7-9-17(10-8-16)20(25)28-22(2,3)4/h7-10,18-19,24H,5-6,11-15H2,1-4H3/t18-,19-/m0/s1. The zero-order valence-corrected chi connectivity index (χ0v) is 17.4. The molecule has 0 saturated carbocycles. The van der Waals surface area contributed by atoms with Crippen LogP contribution < -0.4 is 0 Å². The van der Waals surface area contributed by atoms with Gasteiger partial charge in [-0.05, 0) is 57.2 Å². The van der Waals surface area contributed by atoms with Crippen molar-refractivity contribution < 1.29 is 24.2 Å². The molecule has 1 amide bonds. The molecule has 0 spiro atoms. The largest absolute Gasteiger partial charge is 0.456 e. The summed E-state index contributed by atoms with van der Waals surface area (Å²) in [4.78, 5) is 26.2. The molecule has 0 unspecified atom stereocenters. The van der Waals surface area contributed by atoms with Crippen LogP contribution in [0.4, 0.5) is 4.79 Å². The predicted molar refractivity (Wildman–Crippen MR) is 107 cm³/mol. The number of unbranched alkanes of at least 4 members (excludes halogenated alkanes) is 1. The summed E-state index contributed by atoms with van der Waals surface area (Å²) in [5.74, 6) is -0.278. The molecule has 1 heterocycles. The second-order valence-corrected chi connectivity index (χ2v) is 8.38. The summed E-state index contributed by atoms with van der Waals surface area (Å²) in [6.45, 7) is 9.15. The van der Waals surface area contributed by atoms with Crippen molar-refractivity contribution >= 4 is 12.1 Å². The predicted octanol–water partition coefficient (Wildman–Crippen LogP) is 3.98. The second-order valence-electron chi connectivity index (χ2n) is 8.38. The molecule has 0 bridgehead atoms. The van der Waals surface area contributed by atoms with Gasteiger partial charge in [0.05, 0.1) is 12.2 Å². The third-order valence-corrected chi connectivity index (χ3v) is 4.95. The summed E-state index contributed by atoms with van der Waals surface area (Å²) >= 11 is 0. The summed E-state index contributed by atoms with van der Waals surface area (Å²) in [6, 6.07) is 7.27. The number of aliphatic hydroxyl groups excluding tert-OH is 1. The summed E-state index contributed by atoms with van der Waals surface area (Å²) in [6.07, 6.45) is 2.26. The lowest BCUT2D eigenvalue weighted by Gasteiger charge is -2.37. The summed E-state index contributed by atoms with van der Waals surface area (Å²) in [7, 11) is 0. The van der Waals surface area contributed by atoms with Gasteiger partial charge in [-0.1, -0.05) is 25.5 Å². The van der Waals surface area contributed by atoms with Crippen LogP contribution in [0.15, 0.2) is 24.3 Å². The first-order valence-electron chi connectivity index (χ1n) is 10.1. The Morgan fingerprint density at radius 3 is 2.46 bits per heavy atom. The van der Waals surface area contributed by atoms with E-state index in [4.69, 9.17) is 9.47 Å². The average Bonchev–Trinajstić information content (AvgIpc) is 2.66. The number of hydrogen-bond donors (Lipinski definition) is 1. The molecule has 1 aromatic carbocycles. The van der Waals surface area contributed by atoms with Crippen LogP contribution in [0.25, 0.3) is 0 Å². The lowest BCUT2D eigenvalue weighted by atomic mass is 9.81. The van der Waals surface area contributed by atoms with Gasteiger partial charge in [-0.25, -0.2) is 9.59 Å². The van der Waals surface area contributed by atoms with Crippen molar-refractivity contribution in [3.8, 4) is 0 Å². The van der Waals surface area contributed by atoms with E-state index in [1.807, 2.05) is 32.9 Å². The molecule has 156 valence electrons. The minimum absolute atomic E-state index is 0.00478. The maximum atomic E-state index is 12.3. The number of amides is 1. The molecule has 28 heavy (non-hydrogen) atoms. The zero-order valence-electron chi connectivity index (χ0n) is 17.4. The maximum absolute atomic E-state index is 12.3. The van der Waals surface area contributed by atoms with Crippen molar-refractivity contribution in [3.05, 3.63) is 35.4 Å². The van der Waals surface area contributed by atoms with Crippen LogP contribution in [0.3, 0.4) is 0 Å². The molecular formula is C22H33NO5. The molecule has 0 aromatic heterocycles. The lowest BCUT2D eigenvalue weighted by molar-refractivity contribution is 0.00694. The minimum Gasteiger partial charge on any atom is -0.456 e. The highest BCUT2D eigenvalue weighted by molar-refractivity contribution is 5.89. The Hall–Kier alpha value is -2.08. The molecule has 1 aliphatic heterocycles. The third kappa shape index (κ3) is 6.23. The lowest BCUT2D eigenvalue weighted by Crippen LogP contribution is -2.44. The van der Waals surface area contributed by atoms with Crippen molar-refractivity contribution in [1.82, 2.24) is 4.90 Å². The number of benzene rings is 1. The van der Waals surface area contributed by atoms with E-state index in [1.165, 1.54) is 0 Å². The number of aliphatic hydroxyl groups is 1. The SMILES string of the molecule is CCCCOC(=O)N1CC[C@@H](CO)[C@H](c2ccc(C(=O)OC(C)(C)C)cc2)C1. The number of ether oxygens (including phenoxy) is 2. The normalized spacial score (nSPS) is 20.0. The van der Waals surface area contributed by atoms with Gasteiger partial charge >= 0.3 is 12.1 Å². The average molecular weight is 392 g/mol. The van der Waals surface area contributed by atoms with Crippen molar-refractivity contribution in [2.24, 2.45) is 5.92 Å². The number of likely N-dealkylation sites (tertiary alicyclic amines) is 1. The molecule has 1 aliphatic rings. The molecule has 1 N–H and O–H groups in total. The van der Waals surface area contributed by atoms with Gasteiger partial charge in [0.25, 0.3) is 0 Å². The highest BCUT2D eigenvalue weighted by atomic mass is 16.6. The van der Waals surface area contributed by atoms with E-state index >= 15 is 0 Å². The van der Waals surface area contributed by atoms with Crippen LogP contribution in [0.5, 0.6) is 0 Å². The second kappa shape index (κ2) is 9.92. The first-order valence-corrected chi connectivity index (χ1v) is 10.1. The van der Waals surface area contributed by atoms with E-state index in [9.17, 15) is 14.7 Å². The quantitative estimate of drug-likeness (QED) is 0.586. The Bertz CT molecular complexity index is 650. The van der Waals surface area contributed by atoms with Crippen LogP contribution >= 0.6 is 0 Å². The number of carbonyl (C=O) groups is 2. The molecule has 2 rings (SSSR count). The molecular weight excluding hydrogens is 358 g/mol. The van der Waals surface area contributed by atoms with Crippen molar-refractivity contribution in [2.75, 3.05) is 26.3 Å².